The van der Waals surface area contributed by atoms with Gasteiger partial charge in [-0.3, -0.25) is 0 Å². The second kappa shape index (κ2) is 2.56. The molecule has 0 aromatic heterocycles. The minimum absolute atomic E-state index is 0.212. The van der Waals surface area contributed by atoms with Crippen molar-refractivity contribution in [1.82, 2.24) is 0 Å². The molecule has 0 amide bonds. The van der Waals surface area contributed by atoms with Crippen LogP contribution in [0.5, 0.6) is 0 Å². The fraction of sp³-hybridized carbons (Fsp3) is 0.455. The topological polar surface area (TPSA) is 46.2 Å². The third kappa shape index (κ3) is 1.02. The van der Waals surface area contributed by atoms with Gasteiger partial charge in [0, 0.05) is 5.41 Å². The fourth-order valence-corrected chi connectivity index (χ4v) is 2.15. The lowest BCUT2D eigenvalue weighted by atomic mass is 9.84. The summed E-state index contributed by atoms with van der Waals surface area (Å²) in [4.78, 5) is 0. The van der Waals surface area contributed by atoms with E-state index in [2.05, 4.69) is 0 Å². The molecule has 2 rings (SSSR count). The molecule has 0 unspecified atom stereocenters. The molecular weight excluding hydrogens is 162 g/mol. The summed E-state index contributed by atoms with van der Waals surface area (Å²) in [6.45, 7) is 4.06. The third-order valence-corrected chi connectivity index (χ3v) is 3.09. The summed E-state index contributed by atoms with van der Waals surface area (Å²) in [6.07, 6.45) is -0.468. The molecule has 0 fully saturated rings. The highest BCUT2D eigenvalue weighted by atomic mass is 16.3. The molecule has 2 atom stereocenters. The van der Waals surface area contributed by atoms with Crippen molar-refractivity contribution in [3.8, 4) is 0 Å². The average Bonchev–Trinajstić information content (AvgIpc) is 2.30. The number of benzene rings is 1. The zero-order valence-corrected chi connectivity index (χ0v) is 7.99. The van der Waals surface area contributed by atoms with Crippen molar-refractivity contribution in [2.24, 2.45) is 5.73 Å². The molecule has 0 radical (unpaired) electrons. The third-order valence-electron chi connectivity index (χ3n) is 3.09. The zero-order chi connectivity index (χ0) is 9.64. The van der Waals surface area contributed by atoms with Crippen LogP contribution in [0.25, 0.3) is 0 Å². The zero-order valence-electron chi connectivity index (χ0n) is 7.99. The normalized spacial score (nSPS) is 30.2. The quantitative estimate of drug-likeness (QED) is 0.628. The lowest BCUT2D eigenvalue weighted by Crippen LogP contribution is -2.34. The van der Waals surface area contributed by atoms with Crippen LogP contribution in [0.3, 0.4) is 0 Å². The Labute approximate surface area is 78.4 Å². The highest BCUT2D eigenvalue weighted by Gasteiger charge is 2.43. The van der Waals surface area contributed by atoms with E-state index in [9.17, 15) is 5.11 Å². The number of nitrogens with two attached hydrogens (primary N) is 1. The Morgan fingerprint density at radius 3 is 2.54 bits per heavy atom. The minimum atomic E-state index is -0.468. The molecule has 2 nitrogen and oxygen atoms in total. The predicted molar refractivity (Wildman–Crippen MR) is 52.4 cm³/mol. The van der Waals surface area contributed by atoms with Crippen LogP contribution in [0.4, 0.5) is 0 Å². The van der Waals surface area contributed by atoms with Crippen molar-refractivity contribution < 1.29 is 5.11 Å². The van der Waals surface area contributed by atoms with Gasteiger partial charge >= 0.3 is 0 Å². The van der Waals surface area contributed by atoms with Crippen LogP contribution >= 0.6 is 0 Å². The van der Waals surface area contributed by atoms with E-state index in [4.69, 9.17) is 5.73 Å². The number of hydrogen-bond donors (Lipinski definition) is 2. The van der Waals surface area contributed by atoms with Crippen molar-refractivity contribution >= 4 is 0 Å². The maximum atomic E-state index is 9.92. The van der Waals surface area contributed by atoms with Crippen LogP contribution in [0, 0.1) is 0 Å². The van der Waals surface area contributed by atoms with Crippen molar-refractivity contribution in [3.63, 3.8) is 0 Å². The van der Waals surface area contributed by atoms with Crippen LogP contribution in [0.2, 0.25) is 0 Å². The van der Waals surface area contributed by atoms with Crippen LogP contribution in [-0.4, -0.2) is 11.2 Å². The van der Waals surface area contributed by atoms with Gasteiger partial charge in [-0.05, 0) is 11.1 Å². The first-order valence-corrected chi connectivity index (χ1v) is 4.58. The van der Waals surface area contributed by atoms with Gasteiger partial charge in [0.2, 0.25) is 0 Å². The van der Waals surface area contributed by atoms with E-state index in [1.54, 1.807) is 0 Å². The van der Waals surface area contributed by atoms with Gasteiger partial charge in [-0.15, -0.1) is 0 Å². The standard InChI is InChI=1S/C11H15NO/c1-11(2)8-6-4-3-5-7(8)9(12)10(11)13/h3-6,9-10,13H,12H2,1-2H3/t9-,10+/m1/s1. The first kappa shape index (κ1) is 8.73. The number of aliphatic hydroxyl groups excluding tert-OH is 1. The van der Waals surface area contributed by atoms with Gasteiger partial charge < -0.3 is 10.8 Å². The van der Waals surface area contributed by atoms with Gasteiger partial charge in [-0.25, -0.2) is 0 Å². The summed E-state index contributed by atoms with van der Waals surface area (Å²) in [5.41, 5.74) is 7.96. The van der Waals surface area contributed by atoms with E-state index in [-0.39, 0.29) is 11.5 Å². The number of aliphatic hydroxyl groups is 1. The van der Waals surface area contributed by atoms with Crippen LogP contribution in [0.1, 0.15) is 31.0 Å². The van der Waals surface area contributed by atoms with E-state index in [0.717, 1.165) is 5.56 Å². The molecule has 2 heteroatoms. The molecule has 0 heterocycles. The Kier molecular flexibility index (Phi) is 1.72. The Bertz CT molecular complexity index is 333. The maximum absolute atomic E-state index is 9.92. The van der Waals surface area contributed by atoms with Crippen molar-refractivity contribution in [2.75, 3.05) is 0 Å². The van der Waals surface area contributed by atoms with Gasteiger partial charge in [0.05, 0.1) is 12.1 Å². The van der Waals surface area contributed by atoms with Crippen LogP contribution in [-0.2, 0) is 5.41 Å². The second-order valence-corrected chi connectivity index (χ2v) is 4.28. The minimum Gasteiger partial charge on any atom is -0.390 e. The Hall–Kier alpha value is -0.860. The van der Waals surface area contributed by atoms with E-state index >= 15 is 0 Å². The predicted octanol–water partition coefficient (Wildman–Crippen LogP) is 1.34. The van der Waals surface area contributed by atoms with Gasteiger partial charge in [-0.2, -0.15) is 0 Å². The first-order valence-electron chi connectivity index (χ1n) is 4.58. The van der Waals surface area contributed by atoms with Crippen LogP contribution < -0.4 is 5.73 Å². The van der Waals surface area contributed by atoms with Crippen LogP contribution in [0.15, 0.2) is 24.3 Å². The summed E-state index contributed by atoms with van der Waals surface area (Å²) >= 11 is 0. The molecule has 13 heavy (non-hydrogen) atoms. The number of rotatable bonds is 0. The molecule has 1 aliphatic carbocycles. The van der Waals surface area contributed by atoms with Gasteiger partial charge in [0.1, 0.15) is 0 Å². The fourth-order valence-electron chi connectivity index (χ4n) is 2.15. The van der Waals surface area contributed by atoms with Gasteiger partial charge in [0.25, 0.3) is 0 Å². The molecule has 1 aliphatic rings. The molecule has 1 aromatic carbocycles. The smallest absolute Gasteiger partial charge is 0.0823 e. The molecule has 1 aromatic rings. The number of hydrogen-bond acceptors (Lipinski definition) is 2. The largest absolute Gasteiger partial charge is 0.390 e. The van der Waals surface area contributed by atoms with E-state index in [0.29, 0.717) is 0 Å². The first-order chi connectivity index (χ1) is 6.05. The van der Waals surface area contributed by atoms with E-state index in [1.807, 2.05) is 38.1 Å². The molecule has 0 aliphatic heterocycles. The maximum Gasteiger partial charge on any atom is 0.0823 e. The summed E-state index contributed by atoms with van der Waals surface area (Å²) < 4.78 is 0. The lowest BCUT2D eigenvalue weighted by molar-refractivity contribution is 0.0921. The summed E-state index contributed by atoms with van der Waals surface area (Å²) in [6, 6.07) is 7.77. The summed E-state index contributed by atoms with van der Waals surface area (Å²) in [5, 5.41) is 9.92. The monoisotopic (exact) mass is 177 g/mol. The Balaban J connectivity index is 2.61. The van der Waals surface area contributed by atoms with E-state index in [1.165, 1.54) is 5.56 Å². The van der Waals surface area contributed by atoms with Gasteiger partial charge in [-0.1, -0.05) is 38.1 Å². The highest BCUT2D eigenvalue weighted by Crippen LogP contribution is 2.43. The molecule has 0 bridgehead atoms. The van der Waals surface area contributed by atoms with Crippen molar-refractivity contribution in [2.45, 2.75) is 31.4 Å². The Morgan fingerprint density at radius 1 is 1.31 bits per heavy atom. The molecule has 70 valence electrons. The SMILES string of the molecule is CC1(C)c2ccccc2[C@@H](N)[C@@H]1O. The van der Waals surface area contributed by atoms with Gasteiger partial charge in [0.15, 0.2) is 0 Å². The summed E-state index contributed by atoms with van der Waals surface area (Å²) in [5.74, 6) is 0. The molecule has 3 N–H and O–H groups in total. The molecule has 0 saturated heterocycles. The average molecular weight is 177 g/mol. The van der Waals surface area contributed by atoms with Crippen molar-refractivity contribution in [1.29, 1.82) is 0 Å². The summed E-state index contributed by atoms with van der Waals surface area (Å²) in [7, 11) is 0. The highest BCUT2D eigenvalue weighted by molar-refractivity contribution is 5.43. The van der Waals surface area contributed by atoms with Crippen molar-refractivity contribution in [3.05, 3.63) is 35.4 Å². The molecular formula is C11H15NO. The lowest BCUT2D eigenvalue weighted by Gasteiger charge is -2.25. The second-order valence-electron chi connectivity index (χ2n) is 4.28. The van der Waals surface area contributed by atoms with E-state index < -0.39 is 6.10 Å². The molecule has 0 spiro atoms. The Morgan fingerprint density at radius 2 is 1.92 bits per heavy atom. The number of fused-ring (bicyclic) bond motifs is 1. The molecule has 0 saturated carbocycles.